The Morgan fingerprint density at radius 1 is 0.745 bits per heavy atom. The van der Waals surface area contributed by atoms with Crippen LogP contribution in [-0.4, -0.2) is 108 Å². The molecule has 14 nitrogen and oxygen atoms in total. The summed E-state index contributed by atoms with van der Waals surface area (Å²) < 4.78 is 58.8. The van der Waals surface area contributed by atoms with E-state index >= 15 is 0 Å². The van der Waals surface area contributed by atoms with Crippen LogP contribution in [0, 0.1) is 22.7 Å². The Bertz CT molecular complexity index is 1460. The fraction of sp³-hybridized carbons (Fsp3) is 0.872. The van der Waals surface area contributed by atoms with Crippen LogP contribution in [0.3, 0.4) is 0 Å². The summed E-state index contributed by atoms with van der Waals surface area (Å²) in [6.45, 7) is 9.85. The molecule has 0 aliphatic carbocycles. The molecule has 55 heavy (non-hydrogen) atoms. The molecule has 0 saturated carbocycles. The third-order valence-corrected chi connectivity index (χ3v) is 13.8. The van der Waals surface area contributed by atoms with Crippen LogP contribution in [0.2, 0.25) is 0 Å². The molecule has 0 aromatic carbocycles. The number of carbonyl (C=O) groups excluding carboxylic acids is 3. The largest absolute Gasteiger partial charge is 1.00 e. The van der Waals surface area contributed by atoms with Gasteiger partial charge in [-0.1, -0.05) is 53.7 Å². The standard InChI is InChI=1S/C39H60BO14.Na/c1-22-16-19-31-37(6,7)29(43)15-11-13-25-20-27(24(3)46-25)48-35(45)33-39-23(2)17-18-30(50-39)36(4,5)28(42)14-10-8-9-12-26(21-41)47-34(44)32-38(22,49-31)53-40(51-32,52-33)54-39;/h8-9,21-33,42-43H,10-20H2,1-7H3;/q-1;+1/b9-8-;/t22-,23-,24-,25-,26+,27+,28+,29-,30+,31+,32+,33+,38+,39+,40?;/m1./s1. The van der Waals surface area contributed by atoms with Crippen LogP contribution in [0.4, 0.5) is 0 Å². The van der Waals surface area contributed by atoms with E-state index in [1.54, 1.807) is 6.08 Å². The number of hydrogen-bond donors (Lipinski definition) is 2. The van der Waals surface area contributed by atoms with Crippen LogP contribution in [0.5, 0.6) is 0 Å². The molecule has 7 heterocycles. The third kappa shape index (κ3) is 7.81. The second-order valence-electron chi connectivity index (χ2n) is 18.1. The average molecular weight is 787 g/mol. The molecule has 0 aromatic heterocycles. The average Bonchev–Trinajstić information content (AvgIpc) is 3.75. The zero-order valence-electron chi connectivity index (χ0n) is 33.8. The molecule has 7 aliphatic heterocycles. The first-order chi connectivity index (χ1) is 25.5. The summed E-state index contributed by atoms with van der Waals surface area (Å²) in [6.07, 6.45) is 1.24. The molecule has 1 unspecified atom stereocenters. The molecule has 15 atom stereocenters. The molecule has 2 N–H and O–H groups in total. The van der Waals surface area contributed by atoms with E-state index in [1.807, 2.05) is 54.5 Å². The number of aliphatic hydroxyl groups is 2. The molecule has 16 heteroatoms. The van der Waals surface area contributed by atoms with Crippen molar-refractivity contribution >= 4 is 25.2 Å². The van der Waals surface area contributed by atoms with E-state index in [9.17, 15) is 24.6 Å². The Labute approximate surface area is 346 Å². The summed E-state index contributed by atoms with van der Waals surface area (Å²) in [5.41, 5.74) is -1.62. The zero-order valence-corrected chi connectivity index (χ0v) is 35.8. The van der Waals surface area contributed by atoms with E-state index in [1.165, 1.54) is 0 Å². The number of fused-ring (bicyclic) bond motifs is 6. The van der Waals surface area contributed by atoms with Gasteiger partial charge in [0.2, 0.25) is 0 Å². The van der Waals surface area contributed by atoms with Crippen LogP contribution in [0.15, 0.2) is 12.2 Å². The van der Waals surface area contributed by atoms with Gasteiger partial charge in [-0.15, -0.1) is 0 Å². The number of hydrogen-bond acceptors (Lipinski definition) is 14. The van der Waals surface area contributed by atoms with Crippen LogP contribution >= 0.6 is 0 Å². The number of allylic oxidation sites excluding steroid dienone is 1. The van der Waals surface area contributed by atoms with E-state index < -0.39 is 108 Å². The summed E-state index contributed by atoms with van der Waals surface area (Å²) in [5, 5.41) is 23.2. The molecule has 7 rings (SSSR count). The van der Waals surface area contributed by atoms with Crippen molar-refractivity contribution in [3.05, 3.63) is 12.2 Å². The SMILES string of the molecule is C[C@@H]1CC[C@@H]2O[C@]13O[B-]14O[C@H]3C(=O)O[C@H](C=O)C/C=C\CC[C@H](O)C(C)(C)[C@@H]3CC[C@@H](C)[C@](O3)(O1)[C@@H](O4)C(=O)O[C@H]1C[C@@H](CCC[C@@H](O)C2(C)C)O[C@@H]1C.[Na+]. The maximum absolute atomic E-state index is 14.6. The summed E-state index contributed by atoms with van der Waals surface area (Å²) in [5.74, 6) is -6.35. The third-order valence-electron chi connectivity index (χ3n) is 13.8. The normalized spacial score (nSPS) is 49.2. The number of cyclic esters (lactones) is 1. The van der Waals surface area contributed by atoms with Crippen molar-refractivity contribution in [1.82, 2.24) is 0 Å². The van der Waals surface area contributed by atoms with Gasteiger partial charge in [0.1, 0.15) is 6.10 Å². The number of rotatable bonds is 1. The van der Waals surface area contributed by atoms with Crippen molar-refractivity contribution in [3.63, 3.8) is 0 Å². The van der Waals surface area contributed by atoms with E-state index in [2.05, 4.69) is 0 Å². The van der Waals surface area contributed by atoms with Gasteiger partial charge in [-0.25, -0.2) is 9.59 Å². The number of carbonyl (C=O) groups is 3. The maximum Gasteiger partial charge on any atom is 1.00 e. The van der Waals surface area contributed by atoms with Crippen molar-refractivity contribution in [2.75, 3.05) is 0 Å². The predicted octanol–water partition coefficient (Wildman–Crippen LogP) is 1.18. The van der Waals surface area contributed by atoms with Crippen LogP contribution in [-0.2, 0) is 56.7 Å². The first kappa shape index (κ1) is 43.6. The zero-order chi connectivity index (χ0) is 38.8. The minimum Gasteiger partial charge on any atom is -0.504 e. The molecular weight excluding hydrogens is 726 g/mol. The van der Waals surface area contributed by atoms with Gasteiger partial charge < -0.3 is 52.5 Å². The summed E-state index contributed by atoms with van der Waals surface area (Å²) in [6, 6.07) is 0. The quantitative estimate of drug-likeness (QED) is 0.168. The van der Waals surface area contributed by atoms with Gasteiger partial charge in [0.15, 0.2) is 36.2 Å². The van der Waals surface area contributed by atoms with E-state index in [4.69, 9.17) is 42.3 Å². The molecule has 0 amide bonds. The molecular formula is C39H60BNaO14. The Morgan fingerprint density at radius 3 is 1.85 bits per heavy atom. The minimum absolute atomic E-state index is 0. The monoisotopic (exact) mass is 786 g/mol. The first-order valence-corrected chi connectivity index (χ1v) is 20.2. The molecule has 6 fully saturated rings. The number of aliphatic hydroxyl groups excluding tert-OH is 2. The van der Waals surface area contributed by atoms with Crippen molar-refractivity contribution in [2.45, 2.75) is 192 Å². The fourth-order valence-corrected chi connectivity index (χ4v) is 9.78. The molecule has 0 aromatic rings. The Morgan fingerprint density at radius 2 is 1.29 bits per heavy atom. The van der Waals surface area contributed by atoms with Gasteiger partial charge >= 0.3 is 48.5 Å². The van der Waals surface area contributed by atoms with E-state index in [0.717, 1.165) is 0 Å². The van der Waals surface area contributed by atoms with Crippen LogP contribution in [0.1, 0.15) is 119 Å². The first-order valence-electron chi connectivity index (χ1n) is 20.2. The van der Waals surface area contributed by atoms with Crippen LogP contribution < -0.4 is 29.6 Å². The molecule has 9 bridgehead atoms. The molecule has 7 aliphatic rings. The van der Waals surface area contributed by atoms with Gasteiger partial charge in [-0.05, 0) is 64.7 Å². The summed E-state index contributed by atoms with van der Waals surface area (Å²) >= 11 is 0. The van der Waals surface area contributed by atoms with Crippen molar-refractivity contribution in [1.29, 1.82) is 0 Å². The van der Waals surface area contributed by atoms with Crippen molar-refractivity contribution in [3.8, 4) is 0 Å². The Hall–Kier alpha value is -0.945. The molecule has 3 spiro atoms. The predicted molar refractivity (Wildman–Crippen MR) is 191 cm³/mol. The smallest absolute Gasteiger partial charge is 0.504 e. The van der Waals surface area contributed by atoms with Gasteiger partial charge in [0.25, 0.3) is 0 Å². The van der Waals surface area contributed by atoms with Crippen LogP contribution in [0.25, 0.3) is 0 Å². The molecule has 6 saturated heterocycles. The summed E-state index contributed by atoms with van der Waals surface area (Å²) in [7, 11) is 0. The second-order valence-corrected chi connectivity index (χ2v) is 18.1. The van der Waals surface area contributed by atoms with Gasteiger partial charge in [-0.2, -0.15) is 0 Å². The second kappa shape index (κ2) is 16.3. The molecule has 304 valence electrons. The van der Waals surface area contributed by atoms with Gasteiger partial charge in [0, 0.05) is 35.5 Å². The summed E-state index contributed by atoms with van der Waals surface area (Å²) in [4.78, 5) is 41.2. The van der Waals surface area contributed by atoms with Gasteiger partial charge in [-0.3, -0.25) is 4.79 Å². The van der Waals surface area contributed by atoms with Crippen molar-refractivity contribution < 1.29 is 96.5 Å². The van der Waals surface area contributed by atoms with E-state index in [0.29, 0.717) is 70.5 Å². The number of aldehydes is 1. The Kier molecular flexibility index (Phi) is 12.9. The molecule has 0 radical (unpaired) electrons. The van der Waals surface area contributed by atoms with Gasteiger partial charge in [0.05, 0.1) is 36.6 Å². The maximum atomic E-state index is 14.6. The van der Waals surface area contributed by atoms with E-state index in [-0.39, 0.29) is 42.1 Å². The number of esters is 2. The topological polar surface area (TPSA) is 175 Å². The Balaban J connectivity index is 0.00000514. The minimum atomic E-state index is -3.47. The fourth-order valence-electron chi connectivity index (χ4n) is 9.78. The number of ether oxygens (including phenoxy) is 5. The van der Waals surface area contributed by atoms with Crippen molar-refractivity contribution in [2.24, 2.45) is 22.7 Å².